The molecule has 2 aromatic rings. The molecule has 0 amide bonds. The number of Topliss-reactive ketones (excluding diaryl/α,β-unsaturated/α-hetero) is 2. The Kier molecular flexibility index (Phi) is 10.3. The molecule has 3 atom stereocenters. The van der Waals surface area contributed by atoms with E-state index in [0.717, 1.165) is 0 Å². The number of rotatable bonds is 12. The van der Waals surface area contributed by atoms with Crippen LogP contribution in [-0.4, -0.2) is 56.5 Å². The summed E-state index contributed by atoms with van der Waals surface area (Å²) in [5.41, 5.74) is 11.4. The van der Waals surface area contributed by atoms with Gasteiger partial charge in [-0.25, -0.2) is 4.79 Å². The zero-order chi connectivity index (χ0) is 29.7. The molecule has 7 N–H and O–H groups in total. The molecule has 0 saturated heterocycles. The first kappa shape index (κ1) is 31.4. The molecular formula is C28H36N2O9. The van der Waals surface area contributed by atoms with Crippen molar-refractivity contribution in [3.63, 3.8) is 0 Å². The van der Waals surface area contributed by atoms with Crippen LogP contribution in [0, 0.1) is 11.8 Å². The molecule has 2 rings (SSSR count). The van der Waals surface area contributed by atoms with Crippen molar-refractivity contribution >= 4 is 23.5 Å². The van der Waals surface area contributed by atoms with Crippen LogP contribution in [-0.2, 0) is 32.2 Å². The molecular weight excluding hydrogens is 508 g/mol. The molecule has 0 fully saturated rings. The van der Waals surface area contributed by atoms with E-state index in [1.54, 1.807) is 34.6 Å². The Bertz CT molecular complexity index is 1230. The van der Waals surface area contributed by atoms with Crippen LogP contribution < -0.4 is 11.5 Å². The highest BCUT2D eigenvalue weighted by molar-refractivity contribution is 6.17. The van der Waals surface area contributed by atoms with Gasteiger partial charge in [0.2, 0.25) is 0 Å². The van der Waals surface area contributed by atoms with Crippen LogP contribution in [0.1, 0.15) is 66.5 Å². The van der Waals surface area contributed by atoms with Crippen molar-refractivity contribution in [3.8, 4) is 11.5 Å². The molecule has 3 unspecified atom stereocenters. The normalized spacial score (nSPS) is 13.9. The number of carboxylic acids is 1. The van der Waals surface area contributed by atoms with Gasteiger partial charge in [-0.1, -0.05) is 26.0 Å². The lowest BCUT2D eigenvalue weighted by atomic mass is 9.79. The minimum atomic E-state index is -1.31. The summed E-state index contributed by atoms with van der Waals surface area (Å²) in [5, 5.41) is 29.4. The molecule has 0 bridgehead atoms. The second-order valence-corrected chi connectivity index (χ2v) is 10.7. The molecule has 2 aromatic carbocycles. The van der Waals surface area contributed by atoms with E-state index < -0.39 is 53.0 Å². The molecule has 0 aliphatic heterocycles. The number of hydrogen-bond acceptors (Lipinski definition) is 10. The van der Waals surface area contributed by atoms with Gasteiger partial charge in [0.1, 0.15) is 29.2 Å². The van der Waals surface area contributed by atoms with E-state index in [-0.39, 0.29) is 41.0 Å². The van der Waals surface area contributed by atoms with Crippen molar-refractivity contribution in [1.82, 2.24) is 0 Å². The van der Waals surface area contributed by atoms with Crippen molar-refractivity contribution in [1.29, 1.82) is 0 Å². The van der Waals surface area contributed by atoms with Crippen LogP contribution in [0.4, 0.5) is 0 Å². The van der Waals surface area contributed by atoms with Crippen LogP contribution in [0.15, 0.2) is 36.4 Å². The number of ketones is 2. The summed E-state index contributed by atoms with van der Waals surface area (Å²) >= 11 is 0. The highest BCUT2D eigenvalue weighted by Crippen LogP contribution is 2.30. The molecule has 0 saturated carbocycles. The van der Waals surface area contributed by atoms with Gasteiger partial charge >= 0.3 is 11.9 Å². The third kappa shape index (κ3) is 8.60. The number of phenolic OH excluding ortho intramolecular Hbond substituents is 2. The van der Waals surface area contributed by atoms with Crippen molar-refractivity contribution in [2.75, 3.05) is 0 Å². The third-order valence-corrected chi connectivity index (χ3v) is 5.82. The fourth-order valence-corrected chi connectivity index (χ4v) is 3.88. The van der Waals surface area contributed by atoms with Crippen LogP contribution in [0.25, 0.3) is 0 Å². The van der Waals surface area contributed by atoms with Gasteiger partial charge in [-0.05, 0) is 74.9 Å². The second kappa shape index (κ2) is 12.8. The number of aromatic hydroxyl groups is 2. The topological polar surface area (TPSA) is 199 Å². The van der Waals surface area contributed by atoms with Gasteiger partial charge < -0.3 is 26.8 Å². The van der Waals surface area contributed by atoms with Crippen LogP contribution in [0.3, 0.4) is 0 Å². The maximum Gasteiger partial charge on any atom is 0.359 e. The molecule has 0 spiro atoms. The molecule has 11 heteroatoms. The standard InChI is InChI=1S/C28H36N2O9/c1-14(2)23(24(33)19-12-17(31)8-6-15(19)10-21(29)26(35)36)25(34)20-13-18(32)9-7-16(20)11-22(30)27(37)38-39-28(3,4)5/h6-9,12-14,21-23,31-32H,10-11,29-30H2,1-5H3,(H,35,36). The first-order valence-electron chi connectivity index (χ1n) is 12.4. The van der Waals surface area contributed by atoms with Gasteiger partial charge in [0, 0.05) is 11.1 Å². The summed E-state index contributed by atoms with van der Waals surface area (Å²) in [4.78, 5) is 61.0. The minimum absolute atomic E-state index is 0.0222. The number of carboxylic acid groups (broad SMARTS) is 1. The Labute approximate surface area is 226 Å². The van der Waals surface area contributed by atoms with Crippen LogP contribution in [0.2, 0.25) is 0 Å². The Morgan fingerprint density at radius 2 is 1.26 bits per heavy atom. The molecule has 11 nitrogen and oxygen atoms in total. The summed E-state index contributed by atoms with van der Waals surface area (Å²) in [7, 11) is 0. The number of aliphatic carboxylic acids is 1. The van der Waals surface area contributed by atoms with E-state index in [9.17, 15) is 34.5 Å². The predicted octanol–water partition coefficient (Wildman–Crippen LogP) is 2.53. The fraction of sp³-hybridized carbons (Fsp3) is 0.429. The zero-order valence-corrected chi connectivity index (χ0v) is 22.6. The molecule has 0 aromatic heterocycles. The number of hydrogen-bond donors (Lipinski definition) is 5. The fourth-order valence-electron chi connectivity index (χ4n) is 3.88. The number of carbonyl (C=O) groups is 4. The van der Waals surface area contributed by atoms with E-state index in [1.165, 1.54) is 36.4 Å². The largest absolute Gasteiger partial charge is 0.508 e. The van der Waals surface area contributed by atoms with Gasteiger partial charge in [0.05, 0.1) is 5.92 Å². The maximum atomic E-state index is 13.8. The van der Waals surface area contributed by atoms with Gasteiger partial charge in [-0.2, -0.15) is 4.89 Å². The van der Waals surface area contributed by atoms with E-state index in [0.29, 0.717) is 5.56 Å². The Hall–Kier alpha value is -3.80. The number of carbonyl (C=O) groups excluding carboxylic acids is 3. The highest BCUT2D eigenvalue weighted by atomic mass is 17.2. The molecule has 212 valence electrons. The van der Waals surface area contributed by atoms with Crippen molar-refractivity contribution in [2.24, 2.45) is 23.3 Å². The highest BCUT2D eigenvalue weighted by Gasteiger charge is 2.35. The lowest BCUT2D eigenvalue weighted by molar-refractivity contribution is -0.321. The van der Waals surface area contributed by atoms with Crippen molar-refractivity contribution in [2.45, 2.75) is 65.1 Å². The summed E-state index contributed by atoms with van der Waals surface area (Å²) in [6.45, 7) is 8.35. The maximum absolute atomic E-state index is 13.8. The Morgan fingerprint density at radius 1 is 0.821 bits per heavy atom. The smallest absolute Gasteiger partial charge is 0.359 e. The lowest BCUT2D eigenvalue weighted by Gasteiger charge is -2.23. The molecule has 39 heavy (non-hydrogen) atoms. The van der Waals surface area contributed by atoms with Gasteiger partial charge in [-0.15, -0.1) is 0 Å². The lowest BCUT2D eigenvalue weighted by Crippen LogP contribution is -2.37. The molecule has 0 aliphatic rings. The summed E-state index contributed by atoms with van der Waals surface area (Å²) in [6, 6.07) is 5.26. The van der Waals surface area contributed by atoms with Crippen molar-refractivity contribution in [3.05, 3.63) is 58.7 Å². The summed E-state index contributed by atoms with van der Waals surface area (Å²) in [6.07, 6.45) is -0.363. The first-order valence-corrected chi connectivity index (χ1v) is 12.4. The Balaban J connectivity index is 2.45. The van der Waals surface area contributed by atoms with Gasteiger partial charge in [-0.3, -0.25) is 19.3 Å². The first-order chi connectivity index (χ1) is 18.0. The monoisotopic (exact) mass is 544 g/mol. The van der Waals surface area contributed by atoms with E-state index in [4.69, 9.17) is 21.2 Å². The second-order valence-electron chi connectivity index (χ2n) is 10.7. The number of benzene rings is 2. The van der Waals surface area contributed by atoms with E-state index >= 15 is 0 Å². The average Bonchev–Trinajstić information content (AvgIpc) is 2.83. The third-order valence-electron chi connectivity index (χ3n) is 5.82. The predicted molar refractivity (Wildman–Crippen MR) is 141 cm³/mol. The minimum Gasteiger partial charge on any atom is -0.508 e. The number of nitrogens with two attached hydrogens (primary N) is 2. The number of phenols is 2. The van der Waals surface area contributed by atoms with Crippen LogP contribution in [0.5, 0.6) is 11.5 Å². The van der Waals surface area contributed by atoms with Crippen LogP contribution >= 0.6 is 0 Å². The quantitative estimate of drug-likeness (QED) is 0.114. The molecule has 0 aliphatic carbocycles. The Morgan fingerprint density at radius 3 is 1.64 bits per heavy atom. The van der Waals surface area contributed by atoms with E-state index in [1.807, 2.05) is 0 Å². The SMILES string of the molecule is CC(C)C(C(=O)c1cc(O)ccc1CC(N)C(=O)O)C(=O)c1cc(O)ccc1CC(N)C(=O)OOC(C)(C)C. The van der Waals surface area contributed by atoms with E-state index in [2.05, 4.69) is 0 Å². The molecule has 0 radical (unpaired) electrons. The average molecular weight is 545 g/mol. The van der Waals surface area contributed by atoms with Crippen molar-refractivity contribution < 1.29 is 44.3 Å². The van der Waals surface area contributed by atoms with Gasteiger partial charge in [0.25, 0.3) is 0 Å². The van der Waals surface area contributed by atoms with Gasteiger partial charge in [0.15, 0.2) is 11.6 Å². The molecule has 0 heterocycles. The summed E-state index contributed by atoms with van der Waals surface area (Å²) in [5.74, 6) is -5.76. The summed E-state index contributed by atoms with van der Waals surface area (Å²) < 4.78 is 0. The zero-order valence-electron chi connectivity index (χ0n) is 22.6.